The first-order chi connectivity index (χ1) is 12.5. The lowest BCUT2D eigenvalue weighted by molar-refractivity contribution is 0.0734. The van der Waals surface area contributed by atoms with Gasteiger partial charge in [0.1, 0.15) is 0 Å². The Kier molecular flexibility index (Phi) is 5.50. The van der Waals surface area contributed by atoms with Gasteiger partial charge in [0.2, 0.25) is 0 Å². The quantitative estimate of drug-likeness (QED) is 0.804. The molecule has 4 heteroatoms. The zero-order chi connectivity index (χ0) is 18.7. The van der Waals surface area contributed by atoms with Crippen molar-refractivity contribution in [3.63, 3.8) is 0 Å². The van der Waals surface area contributed by atoms with Crippen molar-refractivity contribution in [2.45, 2.75) is 40.7 Å². The average Bonchev–Trinajstić information content (AvgIpc) is 2.64. The van der Waals surface area contributed by atoms with E-state index >= 15 is 0 Å². The minimum atomic E-state index is 0.0885. The number of nitrogens with zero attached hydrogens (tertiary/aromatic N) is 1. The molecule has 0 bridgehead atoms. The Labute approximate surface area is 155 Å². The molecule has 138 valence electrons. The van der Waals surface area contributed by atoms with Gasteiger partial charge in [-0.1, -0.05) is 6.07 Å². The zero-order valence-corrected chi connectivity index (χ0v) is 16.1. The highest BCUT2D eigenvalue weighted by molar-refractivity contribution is 5.94. The fourth-order valence-corrected chi connectivity index (χ4v) is 3.33. The van der Waals surface area contributed by atoms with Crippen LogP contribution in [0, 0.1) is 13.8 Å². The van der Waals surface area contributed by atoms with E-state index in [1.54, 1.807) is 0 Å². The van der Waals surface area contributed by atoms with Gasteiger partial charge < -0.3 is 14.4 Å². The molecule has 0 aromatic heterocycles. The van der Waals surface area contributed by atoms with Crippen molar-refractivity contribution < 1.29 is 14.3 Å². The highest BCUT2D eigenvalue weighted by atomic mass is 16.5. The highest BCUT2D eigenvalue weighted by Crippen LogP contribution is 2.34. The molecule has 4 nitrogen and oxygen atoms in total. The molecule has 0 unspecified atom stereocenters. The van der Waals surface area contributed by atoms with Gasteiger partial charge in [0.05, 0.1) is 13.2 Å². The summed E-state index contributed by atoms with van der Waals surface area (Å²) in [6, 6.07) is 10.0. The van der Waals surface area contributed by atoms with E-state index in [4.69, 9.17) is 9.47 Å². The molecule has 0 saturated heterocycles. The molecule has 26 heavy (non-hydrogen) atoms. The second-order valence-electron chi connectivity index (χ2n) is 6.71. The maximum atomic E-state index is 12.9. The first-order valence-corrected chi connectivity index (χ1v) is 9.31. The zero-order valence-electron chi connectivity index (χ0n) is 16.1. The molecule has 0 radical (unpaired) electrons. The summed E-state index contributed by atoms with van der Waals surface area (Å²) < 4.78 is 11.5. The lowest BCUT2D eigenvalue weighted by Gasteiger charge is -2.30. The van der Waals surface area contributed by atoms with Crippen LogP contribution in [0.4, 0.5) is 0 Å². The monoisotopic (exact) mass is 353 g/mol. The Morgan fingerprint density at radius 1 is 0.962 bits per heavy atom. The predicted octanol–water partition coefficient (Wildman–Crippen LogP) is 4.30. The summed E-state index contributed by atoms with van der Waals surface area (Å²) in [5.74, 6) is 1.64. The van der Waals surface area contributed by atoms with Gasteiger partial charge in [0, 0.05) is 18.7 Å². The van der Waals surface area contributed by atoms with Gasteiger partial charge in [-0.15, -0.1) is 0 Å². The van der Waals surface area contributed by atoms with Crippen molar-refractivity contribution in [1.82, 2.24) is 4.90 Å². The van der Waals surface area contributed by atoms with E-state index in [9.17, 15) is 4.79 Å². The van der Waals surface area contributed by atoms with E-state index in [0.29, 0.717) is 19.8 Å². The van der Waals surface area contributed by atoms with E-state index in [2.05, 4.69) is 13.0 Å². The molecule has 2 aromatic carbocycles. The minimum absolute atomic E-state index is 0.0885. The van der Waals surface area contributed by atoms with Crippen LogP contribution >= 0.6 is 0 Å². The lowest BCUT2D eigenvalue weighted by Crippen LogP contribution is -2.36. The summed E-state index contributed by atoms with van der Waals surface area (Å²) in [5.41, 5.74) is 5.48. The van der Waals surface area contributed by atoms with E-state index < -0.39 is 0 Å². The number of amides is 1. The SMILES string of the molecule is CCOc1cc2c(cc1OCC)CN(C(=O)c1ccc(C)c(C)c1)CC2. The van der Waals surface area contributed by atoms with Crippen LogP contribution in [0.5, 0.6) is 11.5 Å². The van der Waals surface area contributed by atoms with Crippen molar-refractivity contribution in [1.29, 1.82) is 0 Å². The van der Waals surface area contributed by atoms with Crippen molar-refractivity contribution in [2.75, 3.05) is 19.8 Å². The molecular formula is C22H27NO3. The molecule has 0 N–H and O–H groups in total. The van der Waals surface area contributed by atoms with Gasteiger partial charge in [-0.25, -0.2) is 0 Å². The maximum absolute atomic E-state index is 12.9. The van der Waals surface area contributed by atoms with Crippen molar-refractivity contribution in [2.24, 2.45) is 0 Å². The summed E-state index contributed by atoms with van der Waals surface area (Å²) in [6.07, 6.45) is 0.832. The Hall–Kier alpha value is -2.49. The van der Waals surface area contributed by atoms with E-state index in [1.165, 1.54) is 11.1 Å². The first-order valence-electron chi connectivity index (χ1n) is 9.31. The number of rotatable bonds is 5. The highest BCUT2D eigenvalue weighted by Gasteiger charge is 2.24. The summed E-state index contributed by atoms with van der Waals surface area (Å²) in [4.78, 5) is 14.8. The third kappa shape index (κ3) is 3.69. The Morgan fingerprint density at radius 3 is 2.23 bits per heavy atom. The molecule has 1 aliphatic heterocycles. The van der Waals surface area contributed by atoms with Crippen molar-refractivity contribution >= 4 is 5.91 Å². The third-order valence-electron chi connectivity index (χ3n) is 4.92. The van der Waals surface area contributed by atoms with E-state index in [1.807, 2.05) is 49.9 Å². The number of ether oxygens (including phenoxy) is 2. The van der Waals surface area contributed by atoms with Crippen molar-refractivity contribution in [3.05, 3.63) is 58.1 Å². The molecule has 0 atom stereocenters. The predicted molar refractivity (Wildman–Crippen MR) is 103 cm³/mol. The molecule has 2 aromatic rings. The van der Waals surface area contributed by atoms with Crippen LogP contribution < -0.4 is 9.47 Å². The van der Waals surface area contributed by atoms with Gasteiger partial charge in [0.25, 0.3) is 5.91 Å². The number of fused-ring (bicyclic) bond motifs is 1. The normalized spacial score (nSPS) is 13.3. The van der Waals surface area contributed by atoms with Crippen LogP contribution in [0.2, 0.25) is 0 Å². The fraction of sp³-hybridized carbons (Fsp3) is 0.409. The summed E-state index contributed by atoms with van der Waals surface area (Å²) in [5, 5.41) is 0. The van der Waals surface area contributed by atoms with Gasteiger partial charge in [0.15, 0.2) is 11.5 Å². The lowest BCUT2D eigenvalue weighted by atomic mass is 9.97. The second kappa shape index (κ2) is 7.81. The van der Waals surface area contributed by atoms with E-state index in [-0.39, 0.29) is 5.91 Å². The number of aryl methyl sites for hydroxylation is 2. The first kappa shape index (κ1) is 18.3. The Balaban J connectivity index is 1.85. The van der Waals surface area contributed by atoms with Gasteiger partial charge in [-0.2, -0.15) is 0 Å². The minimum Gasteiger partial charge on any atom is -0.490 e. The van der Waals surface area contributed by atoms with Crippen LogP contribution in [-0.4, -0.2) is 30.6 Å². The molecule has 0 aliphatic carbocycles. The number of carbonyl (C=O) groups is 1. The number of carbonyl (C=O) groups excluding carboxylic acids is 1. The van der Waals surface area contributed by atoms with Gasteiger partial charge in [-0.3, -0.25) is 4.79 Å². The molecule has 0 fully saturated rings. The molecule has 3 rings (SSSR count). The van der Waals surface area contributed by atoms with Crippen LogP contribution in [0.25, 0.3) is 0 Å². The standard InChI is InChI=1S/C22H27NO3/c1-5-25-20-12-17-9-10-23(14-19(17)13-21(20)26-6-2)22(24)18-8-7-15(3)16(4)11-18/h7-8,11-13H,5-6,9-10,14H2,1-4H3. The Bertz CT molecular complexity index is 813. The van der Waals surface area contributed by atoms with Crippen LogP contribution in [0.1, 0.15) is 46.5 Å². The molecule has 0 saturated carbocycles. The molecule has 1 heterocycles. The summed E-state index contributed by atoms with van der Waals surface area (Å²) in [6.45, 7) is 10.6. The maximum Gasteiger partial charge on any atom is 0.254 e. The second-order valence-corrected chi connectivity index (χ2v) is 6.71. The molecule has 1 aliphatic rings. The summed E-state index contributed by atoms with van der Waals surface area (Å²) >= 11 is 0. The molecular weight excluding hydrogens is 326 g/mol. The fourth-order valence-electron chi connectivity index (χ4n) is 3.33. The molecule has 1 amide bonds. The number of hydrogen-bond acceptors (Lipinski definition) is 3. The average molecular weight is 353 g/mol. The van der Waals surface area contributed by atoms with Crippen molar-refractivity contribution in [3.8, 4) is 11.5 Å². The number of benzene rings is 2. The largest absolute Gasteiger partial charge is 0.490 e. The van der Waals surface area contributed by atoms with Gasteiger partial charge in [-0.05, 0) is 80.6 Å². The summed E-state index contributed by atoms with van der Waals surface area (Å²) in [7, 11) is 0. The van der Waals surface area contributed by atoms with Crippen LogP contribution in [-0.2, 0) is 13.0 Å². The van der Waals surface area contributed by atoms with E-state index in [0.717, 1.165) is 41.2 Å². The van der Waals surface area contributed by atoms with Crippen LogP contribution in [0.3, 0.4) is 0 Å². The Morgan fingerprint density at radius 2 is 1.62 bits per heavy atom. The van der Waals surface area contributed by atoms with Gasteiger partial charge >= 0.3 is 0 Å². The third-order valence-corrected chi connectivity index (χ3v) is 4.92. The molecule has 0 spiro atoms. The topological polar surface area (TPSA) is 38.8 Å². The smallest absolute Gasteiger partial charge is 0.254 e. The number of hydrogen-bond donors (Lipinski definition) is 0. The van der Waals surface area contributed by atoms with Crippen LogP contribution in [0.15, 0.2) is 30.3 Å².